The van der Waals surface area contributed by atoms with Gasteiger partial charge in [-0.1, -0.05) is 29.8 Å². The molecule has 140 valence electrons. The second-order valence-corrected chi connectivity index (χ2v) is 8.18. The highest BCUT2D eigenvalue weighted by atomic mass is 32.2. The van der Waals surface area contributed by atoms with E-state index in [1.54, 1.807) is 18.2 Å². The molecule has 0 spiro atoms. The molecule has 7 heteroatoms. The quantitative estimate of drug-likeness (QED) is 0.700. The highest BCUT2D eigenvalue weighted by molar-refractivity contribution is 7.91. The highest BCUT2D eigenvalue weighted by Crippen LogP contribution is 2.29. The fourth-order valence-corrected chi connectivity index (χ4v) is 4.24. The molecule has 27 heavy (non-hydrogen) atoms. The Morgan fingerprint density at radius 1 is 1.07 bits per heavy atom. The minimum Gasteiger partial charge on any atom is -0.468 e. The number of halogens is 1. The molecular formula is C20H18FNO4S. The summed E-state index contributed by atoms with van der Waals surface area (Å²) in [4.78, 5) is 12.4. The van der Waals surface area contributed by atoms with E-state index in [2.05, 4.69) is 5.32 Å². The molecule has 0 bridgehead atoms. The van der Waals surface area contributed by atoms with Crippen molar-refractivity contribution < 1.29 is 22.0 Å². The van der Waals surface area contributed by atoms with Crippen LogP contribution in [0.25, 0.3) is 0 Å². The van der Waals surface area contributed by atoms with E-state index in [9.17, 15) is 17.6 Å². The fraction of sp³-hybridized carbons (Fsp3) is 0.150. The van der Waals surface area contributed by atoms with E-state index in [-0.39, 0.29) is 22.8 Å². The number of hydrogen-bond donors (Lipinski definition) is 1. The normalized spacial score (nSPS) is 12.5. The minimum atomic E-state index is -3.83. The molecule has 1 N–H and O–H groups in total. The lowest BCUT2D eigenvalue weighted by Crippen LogP contribution is -2.32. The maximum Gasteiger partial charge on any atom is 0.254 e. The van der Waals surface area contributed by atoms with Crippen molar-refractivity contribution in [2.24, 2.45) is 0 Å². The van der Waals surface area contributed by atoms with Crippen LogP contribution >= 0.6 is 0 Å². The lowest BCUT2D eigenvalue weighted by atomic mass is 10.2. The van der Waals surface area contributed by atoms with Crippen LogP contribution < -0.4 is 5.32 Å². The zero-order valence-corrected chi connectivity index (χ0v) is 15.4. The molecule has 0 unspecified atom stereocenters. The molecule has 0 aliphatic heterocycles. The smallest absolute Gasteiger partial charge is 0.254 e. The molecule has 0 saturated heterocycles. The SMILES string of the molecule is Cc1ccc(S(=O)(=O)[C@H](CNC(=O)c2ccccc2F)c2ccco2)cc1. The summed E-state index contributed by atoms with van der Waals surface area (Å²) in [6.07, 6.45) is 1.37. The third kappa shape index (κ3) is 4.09. The number of amides is 1. The lowest BCUT2D eigenvalue weighted by Gasteiger charge is -2.17. The Bertz CT molecular complexity index is 1030. The first-order valence-corrected chi connectivity index (χ1v) is 9.81. The maximum absolute atomic E-state index is 13.8. The molecule has 5 nitrogen and oxygen atoms in total. The van der Waals surface area contributed by atoms with Gasteiger partial charge in [-0.25, -0.2) is 12.8 Å². The molecule has 1 amide bonds. The average molecular weight is 387 g/mol. The number of carbonyl (C=O) groups is 1. The highest BCUT2D eigenvalue weighted by Gasteiger charge is 2.32. The molecule has 0 radical (unpaired) electrons. The number of benzene rings is 2. The topological polar surface area (TPSA) is 76.4 Å². The van der Waals surface area contributed by atoms with E-state index in [1.807, 2.05) is 6.92 Å². The summed E-state index contributed by atoms with van der Waals surface area (Å²) in [5.41, 5.74) is 0.778. The first kappa shape index (κ1) is 18.8. The minimum absolute atomic E-state index is 0.120. The molecule has 3 aromatic rings. The van der Waals surface area contributed by atoms with E-state index in [0.29, 0.717) is 0 Å². The first-order valence-electron chi connectivity index (χ1n) is 8.26. The van der Waals surface area contributed by atoms with Gasteiger partial charge in [0.05, 0.1) is 16.7 Å². The van der Waals surface area contributed by atoms with Crippen LogP contribution in [0.2, 0.25) is 0 Å². The second kappa shape index (κ2) is 7.75. The molecule has 0 aliphatic carbocycles. The molecule has 1 atom stereocenters. The zero-order valence-electron chi connectivity index (χ0n) is 14.6. The van der Waals surface area contributed by atoms with Crippen LogP contribution in [0.4, 0.5) is 4.39 Å². The summed E-state index contributed by atoms with van der Waals surface area (Å²) < 4.78 is 45.2. The third-order valence-electron chi connectivity index (χ3n) is 4.15. The van der Waals surface area contributed by atoms with Gasteiger partial charge in [0, 0.05) is 6.54 Å². The van der Waals surface area contributed by atoms with Gasteiger partial charge in [-0.2, -0.15) is 0 Å². The zero-order chi connectivity index (χ0) is 19.4. The van der Waals surface area contributed by atoms with Crippen molar-refractivity contribution >= 4 is 15.7 Å². The Labute approximate surface area is 156 Å². The molecule has 2 aromatic carbocycles. The summed E-state index contributed by atoms with van der Waals surface area (Å²) in [7, 11) is -3.83. The van der Waals surface area contributed by atoms with Crippen molar-refractivity contribution in [1.29, 1.82) is 0 Å². The number of furan rings is 1. The molecule has 1 aromatic heterocycles. The van der Waals surface area contributed by atoms with E-state index >= 15 is 0 Å². The van der Waals surface area contributed by atoms with Gasteiger partial charge in [0.2, 0.25) is 0 Å². The van der Waals surface area contributed by atoms with Gasteiger partial charge < -0.3 is 9.73 Å². The number of sulfone groups is 1. The standard InChI is InChI=1S/C20H18FNO4S/c1-14-8-10-15(11-9-14)27(24,25)19(18-7-4-12-26-18)13-22-20(23)16-5-2-3-6-17(16)21/h2-12,19H,13H2,1H3,(H,22,23)/t19-/m1/s1. The maximum atomic E-state index is 13.8. The average Bonchev–Trinajstić information content (AvgIpc) is 3.16. The Hall–Kier alpha value is -2.93. The summed E-state index contributed by atoms with van der Waals surface area (Å²) in [6, 6.07) is 15.0. The van der Waals surface area contributed by atoms with Gasteiger partial charge in [-0.05, 0) is 43.3 Å². The van der Waals surface area contributed by atoms with Crippen molar-refractivity contribution in [2.75, 3.05) is 6.54 Å². The van der Waals surface area contributed by atoms with Crippen LogP contribution in [-0.4, -0.2) is 20.9 Å². The van der Waals surface area contributed by atoms with E-state index in [0.717, 1.165) is 5.56 Å². The van der Waals surface area contributed by atoms with Crippen LogP contribution in [0.1, 0.15) is 26.9 Å². The summed E-state index contributed by atoms with van der Waals surface area (Å²) >= 11 is 0. The molecule has 0 saturated carbocycles. The largest absolute Gasteiger partial charge is 0.468 e. The first-order chi connectivity index (χ1) is 12.9. The summed E-state index contributed by atoms with van der Waals surface area (Å²) in [5.74, 6) is -1.17. The number of hydrogen-bond acceptors (Lipinski definition) is 4. The predicted octanol–water partition coefficient (Wildman–Crippen LogP) is 3.67. The van der Waals surface area contributed by atoms with E-state index < -0.39 is 26.8 Å². The Balaban J connectivity index is 1.88. The van der Waals surface area contributed by atoms with Crippen LogP contribution in [0.15, 0.2) is 76.2 Å². The Kier molecular flexibility index (Phi) is 5.41. The third-order valence-corrected chi connectivity index (χ3v) is 6.23. The van der Waals surface area contributed by atoms with Gasteiger partial charge in [-0.15, -0.1) is 0 Å². The number of nitrogens with one attached hydrogen (secondary N) is 1. The lowest BCUT2D eigenvalue weighted by molar-refractivity contribution is 0.0949. The van der Waals surface area contributed by atoms with Gasteiger partial charge in [0.25, 0.3) is 5.91 Å². The predicted molar refractivity (Wildman–Crippen MR) is 98.5 cm³/mol. The molecule has 0 fully saturated rings. The van der Waals surface area contributed by atoms with E-state index in [4.69, 9.17) is 4.42 Å². The van der Waals surface area contributed by atoms with Crippen LogP contribution in [0, 0.1) is 12.7 Å². The van der Waals surface area contributed by atoms with E-state index in [1.165, 1.54) is 48.7 Å². The van der Waals surface area contributed by atoms with Gasteiger partial charge in [0.1, 0.15) is 16.8 Å². The van der Waals surface area contributed by atoms with Gasteiger partial charge in [0.15, 0.2) is 9.84 Å². The molecular weight excluding hydrogens is 369 g/mol. The van der Waals surface area contributed by atoms with Crippen molar-refractivity contribution in [3.63, 3.8) is 0 Å². The van der Waals surface area contributed by atoms with Crippen LogP contribution in [-0.2, 0) is 9.84 Å². The summed E-state index contributed by atoms with van der Waals surface area (Å²) in [5, 5.41) is 1.36. The second-order valence-electron chi connectivity index (χ2n) is 6.05. The number of carbonyl (C=O) groups excluding carboxylic acids is 1. The van der Waals surface area contributed by atoms with Gasteiger partial charge >= 0.3 is 0 Å². The number of aryl methyl sites for hydroxylation is 1. The summed E-state index contributed by atoms with van der Waals surface area (Å²) in [6.45, 7) is 1.60. The van der Waals surface area contributed by atoms with Crippen molar-refractivity contribution in [3.8, 4) is 0 Å². The van der Waals surface area contributed by atoms with Crippen molar-refractivity contribution in [2.45, 2.75) is 17.1 Å². The molecule has 1 heterocycles. The molecule has 0 aliphatic rings. The Morgan fingerprint density at radius 2 is 1.78 bits per heavy atom. The van der Waals surface area contributed by atoms with Crippen LogP contribution in [0.5, 0.6) is 0 Å². The molecule has 3 rings (SSSR count). The van der Waals surface area contributed by atoms with Crippen LogP contribution in [0.3, 0.4) is 0 Å². The number of rotatable bonds is 6. The fourth-order valence-electron chi connectivity index (χ4n) is 2.66. The Morgan fingerprint density at radius 3 is 2.41 bits per heavy atom. The van der Waals surface area contributed by atoms with Crippen molar-refractivity contribution in [3.05, 3.63) is 89.6 Å². The van der Waals surface area contributed by atoms with Crippen molar-refractivity contribution in [1.82, 2.24) is 5.32 Å². The monoisotopic (exact) mass is 387 g/mol. The van der Waals surface area contributed by atoms with Gasteiger partial charge in [-0.3, -0.25) is 4.79 Å².